The first-order valence-electron chi connectivity index (χ1n) is 4.98. The van der Waals surface area contributed by atoms with Gasteiger partial charge in [-0.25, -0.2) is 4.79 Å². The van der Waals surface area contributed by atoms with Crippen LogP contribution in [0.5, 0.6) is 0 Å². The Morgan fingerprint density at radius 1 is 1.53 bits per heavy atom. The van der Waals surface area contributed by atoms with Crippen molar-refractivity contribution in [3.8, 4) is 0 Å². The molecule has 1 aliphatic rings. The Morgan fingerprint density at radius 3 is 3.00 bits per heavy atom. The van der Waals surface area contributed by atoms with Crippen LogP contribution in [0.4, 0.5) is 5.69 Å². The molecule has 0 aliphatic carbocycles. The van der Waals surface area contributed by atoms with Crippen molar-refractivity contribution >= 4 is 11.7 Å². The quantitative estimate of drug-likeness (QED) is 0.801. The van der Waals surface area contributed by atoms with Crippen LogP contribution in [-0.4, -0.2) is 17.6 Å². The van der Waals surface area contributed by atoms with E-state index in [1.165, 1.54) is 0 Å². The minimum absolute atomic E-state index is 0.361. The van der Waals surface area contributed by atoms with E-state index >= 15 is 0 Å². The highest BCUT2D eigenvalue weighted by Crippen LogP contribution is 2.27. The first-order chi connectivity index (χ1) is 7.22. The minimum atomic E-state index is -0.867. The van der Waals surface area contributed by atoms with Crippen molar-refractivity contribution in [1.82, 2.24) is 0 Å². The summed E-state index contributed by atoms with van der Waals surface area (Å²) < 4.78 is 0. The van der Waals surface area contributed by atoms with Crippen LogP contribution in [-0.2, 0) is 6.42 Å². The molecule has 0 bridgehead atoms. The highest BCUT2D eigenvalue weighted by molar-refractivity contribution is 5.88. The molecule has 0 aromatic heterocycles. The Labute approximate surface area is 88.6 Å². The summed E-state index contributed by atoms with van der Waals surface area (Å²) in [6.45, 7) is 4.71. The Bertz CT molecular complexity index is 412. The van der Waals surface area contributed by atoms with Gasteiger partial charge in [-0.2, -0.15) is 0 Å². The number of hydrogen-bond acceptors (Lipinski definition) is 2. The summed E-state index contributed by atoms with van der Waals surface area (Å²) in [6.07, 6.45) is 3.78. The molecule has 15 heavy (non-hydrogen) atoms. The number of carboxylic acids is 1. The van der Waals surface area contributed by atoms with Crippen LogP contribution in [0.15, 0.2) is 31.0 Å². The van der Waals surface area contributed by atoms with Gasteiger partial charge in [0, 0.05) is 12.2 Å². The lowest BCUT2D eigenvalue weighted by Gasteiger charge is -2.28. The van der Waals surface area contributed by atoms with Gasteiger partial charge in [-0.15, -0.1) is 0 Å². The fourth-order valence-electron chi connectivity index (χ4n) is 1.95. The average Bonchev–Trinajstić information content (AvgIpc) is 2.27. The second-order valence-electron chi connectivity index (χ2n) is 3.63. The van der Waals surface area contributed by atoms with Crippen LogP contribution in [0.2, 0.25) is 0 Å². The van der Waals surface area contributed by atoms with Gasteiger partial charge in [-0.05, 0) is 42.8 Å². The SMILES string of the molecule is C=CN1CCCc2cc(C(=O)O)ccc21. The fraction of sp³-hybridized carbons (Fsp3) is 0.250. The minimum Gasteiger partial charge on any atom is -0.478 e. The predicted molar refractivity (Wildman–Crippen MR) is 59.3 cm³/mol. The molecule has 1 heterocycles. The van der Waals surface area contributed by atoms with Gasteiger partial charge in [0.25, 0.3) is 0 Å². The Morgan fingerprint density at radius 2 is 2.33 bits per heavy atom. The van der Waals surface area contributed by atoms with Gasteiger partial charge in [-0.3, -0.25) is 0 Å². The maximum absolute atomic E-state index is 10.8. The van der Waals surface area contributed by atoms with Crippen molar-refractivity contribution in [3.63, 3.8) is 0 Å². The maximum atomic E-state index is 10.8. The molecule has 0 unspecified atom stereocenters. The zero-order chi connectivity index (χ0) is 10.8. The Hall–Kier alpha value is -1.77. The molecule has 0 spiro atoms. The lowest BCUT2D eigenvalue weighted by atomic mass is 9.99. The van der Waals surface area contributed by atoms with Crippen molar-refractivity contribution in [2.75, 3.05) is 11.4 Å². The number of carbonyl (C=O) groups is 1. The third kappa shape index (κ3) is 1.73. The summed E-state index contributed by atoms with van der Waals surface area (Å²) >= 11 is 0. The molecular formula is C12H13NO2. The molecular weight excluding hydrogens is 190 g/mol. The highest BCUT2D eigenvalue weighted by atomic mass is 16.4. The summed E-state index contributed by atoms with van der Waals surface area (Å²) in [5.74, 6) is -0.867. The zero-order valence-electron chi connectivity index (χ0n) is 8.44. The number of nitrogens with zero attached hydrogens (tertiary/aromatic N) is 1. The number of carboxylic acid groups (broad SMARTS) is 1. The van der Waals surface area contributed by atoms with Crippen molar-refractivity contribution in [2.24, 2.45) is 0 Å². The molecule has 0 fully saturated rings. The van der Waals surface area contributed by atoms with E-state index < -0.39 is 5.97 Å². The summed E-state index contributed by atoms with van der Waals surface area (Å²) in [6, 6.07) is 5.26. The van der Waals surface area contributed by atoms with Gasteiger partial charge in [0.05, 0.1) is 5.56 Å². The molecule has 1 aliphatic heterocycles. The lowest BCUT2D eigenvalue weighted by molar-refractivity contribution is 0.0697. The van der Waals surface area contributed by atoms with Crippen LogP contribution >= 0.6 is 0 Å². The molecule has 0 radical (unpaired) electrons. The molecule has 1 aromatic rings. The third-order valence-corrected chi connectivity index (χ3v) is 2.70. The van der Waals surface area contributed by atoms with Crippen LogP contribution in [0.25, 0.3) is 0 Å². The number of aromatic carboxylic acids is 1. The molecule has 1 aromatic carbocycles. The third-order valence-electron chi connectivity index (χ3n) is 2.70. The number of benzene rings is 1. The maximum Gasteiger partial charge on any atom is 0.335 e. The summed E-state index contributed by atoms with van der Waals surface area (Å²) in [7, 11) is 0. The van der Waals surface area contributed by atoms with Crippen molar-refractivity contribution in [3.05, 3.63) is 42.1 Å². The first kappa shape index (κ1) is 9.77. The van der Waals surface area contributed by atoms with Gasteiger partial charge in [0.1, 0.15) is 0 Å². The zero-order valence-corrected chi connectivity index (χ0v) is 8.44. The normalized spacial score (nSPS) is 14.5. The van der Waals surface area contributed by atoms with Crippen LogP contribution in [0, 0.1) is 0 Å². The number of hydrogen-bond donors (Lipinski definition) is 1. The second-order valence-corrected chi connectivity index (χ2v) is 3.63. The van der Waals surface area contributed by atoms with Crippen molar-refractivity contribution < 1.29 is 9.90 Å². The van der Waals surface area contributed by atoms with Crippen molar-refractivity contribution in [1.29, 1.82) is 0 Å². The van der Waals surface area contributed by atoms with Gasteiger partial charge >= 0.3 is 5.97 Å². The Kier molecular flexibility index (Phi) is 2.46. The predicted octanol–water partition coefficient (Wildman–Crippen LogP) is 2.28. The largest absolute Gasteiger partial charge is 0.478 e. The van der Waals surface area contributed by atoms with E-state index in [2.05, 4.69) is 11.5 Å². The van der Waals surface area contributed by atoms with E-state index in [0.717, 1.165) is 30.6 Å². The molecule has 0 amide bonds. The van der Waals surface area contributed by atoms with Crippen molar-refractivity contribution in [2.45, 2.75) is 12.8 Å². The van der Waals surface area contributed by atoms with E-state index in [9.17, 15) is 4.79 Å². The van der Waals surface area contributed by atoms with Gasteiger partial charge in [0.15, 0.2) is 0 Å². The molecule has 0 saturated carbocycles. The molecule has 3 heteroatoms. The lowest BCUT2D eigenvalue weighted by Crippen LogP contribution is -2.23. The molecule has 0 atom stereocenters. The number of aryl methyl sites for hydroxylation is 1. The highest BCUT2D eigenvalue weighted by Gasteiger charge is 2.16. The Balaban J connectivity index is 2.44. The number of rotatable bonds is 2. The average molecular weight is 203 g/mol. The molecule has 78 valence electrons. The second kappa shape index (κ2) is 3.77. The first-order valence-corrected chi connectivity index (χ1v) is 4.98. The van der Waals surface area contributed by atoms with Crippen LogP contribution in [0.1, 0.15) is 22.3 Å². The number of anilines is 1. The van der Waals surface area contributed by atoms with E-state index in [4.69, 9.17) is 5.11 Å². The van der Waals surface area contributed by atoms with E-state index in [-0.39, 0.29) is 0 Å². The standard InChI is InChI=1S/C12H13NO2/c1-2-13-7-3-4-9-8-10(12(14)15)5-6-11(9)13/h2,5-6,8H,1,3-4,7H2,(H,14,15). The summed E-state index contributed by atoms with van der Waals surface area (Å²) in [4.78, 5) is 12.9. The molecule has 2 rings (SSSR count). The van der Waals surface area contributed by atoms with Gasteiger partial charge in [0.2, 0.25) is 0 Å². The van der Waals surface area contributed by atoms with Crippen LogP contribution in [0.3, 0.4) is 0 Å². The molecule has 1 N–H and O–H groups in total. The van der Waals surface area contributed by atoms with Gasteiger partial charge in [-0.1, -0.05) is 6.58 Å². The number of fused-ring (bicyclic) bond motifs is 1. The summed E-state index contributed by atoms with van der Waals surface area (Å²) in [5, 5.41) is 8.88. The van der Waals surface area contributed by atoms with Crippen LogP contribution < -0.4 is 4.90 Å². The summed E-state index contributed by atoms with van der Waals surface area (Å²) in [5.41, 5.74) is 2.54. The fourth-order valence-corrected chi connectivity index (χ4v) is 1.95. The van der Waals surface area contributed by atoms with Gasteiger partial charge < -0.3 is 10.0 Å². The monoisotopic (exact) mass is 203 g/mol. The van der Waals surface area contributed by atoms with E-state index in [1.807, 2.05) is 6.07 Å². The van der Waals surface area contributed by atoms with E-state index in [1.54, 1.807) is 18.3 Å². The molecule has 3 nitrogen and oxygen atoms in total. The smallest absolute Gasteiger partial charge is 0.335 e. The topological polar surface area (TPSA) is 40.5 Å². The molecule has 0 saturated heterocycles. The van der Waals surface area contributed by atoms with E-state index in [0.29, 0.717) is 5.56 Å².